The van der Waals surface area contributed by atoms with Crippen molar-refractivity contribution < 1.29 is 23.1 Å². The number of hydrogen-bond acceptors (Lipinski definition) is 3. The smallest absolute Gasteiger partial charge is 0.418 e. The molecule has 140 valence electrons. The number of pyridine rings is 1. The molecule has 7 heteroatoms. The van der Waals surface area contributed by atoms with Gasteiger partial charge in [0.05, 0.1) is 11.3 Å². The van der Waals surface area contributed by atoms with Gasteiger partial charge in [-0.1, -0.05) is 36.4 Å². The second kappa shape index (κ2) is 7.00. The highest BCUT2D eigenvalue weighted by molar-refractivity contribution is 5.98. The predicted octanol–water partition coefficient (Wildman–Crippen LogP) is 4.18. The van der Waals surface area contributed by atoms with Gasteiger partial charge in [0.2, 0.25) is 0 Å². The number of nitrogens with two attached hydrogens (primary N) is 1. The van der Waals surface area contributed by atoms with Crippen LogP contribution in [0, 0.1) is 6.92 Å². The summed E-state index contributed by atoms with van der Waals surface area (Å²) in [7, 11) is 0. The van der Waals surface area contributed by atoms with E-state index in [9.17, 15) is 18.0 Å². The number of aromatic nitrogens is 1. The Morgan fingerprint density at radius 2 is 1.81 bits per heavy atom. The highest BCUT2D eigenvalue weighted by Crippen LogP contribution is 2.40. The van der Waals surface area contributed by atoms with E-state index in [1.54, 1.807) is 36.4 Å². The van der Waals surface area contributed by atoms with E-state index in [1.807, 2.05) is 0 Å². The fraction of sp³-hybridized carbons (Fsp3) is 0.200. The molecular formula is C20H17F3N2O2. The first kappa shape index (κ1) is 18.8. The number of rotatable bonds is 4. The molecule has 0 aliphatic heterocycles. The molecule has 3 rings (SSSR count). The highest BCUT2D eigenvalue weighted by atomic mass is 19.4. The Kier molecular flexibility index (Phi) is 4.89. The van der Waals surface area contributed by atoms with E-state index in [0.29, 0.717) is 21.9 Å². The molecule has 27 heavy (non-hydrogen) atoms. The third-order valence-corrected chi connectivity index (χ3v) is 4.47. The van der Waals surface area contributed by atoms with Crippen LogP contribution < -0.4 is 5.73 Å². The third-order valence-electron chi connectivity index (χ3n) is 4.47. The van der Waals surface area contributed by atoms with Crippen LogP contribution in [0.5, 0.6) is 0 Å². The van der Waals surface area contributed by atoms with E-state index in [0.717, 1.165) is 0 Å². The van der Waals surface area contributed by atoms with Gasteiger partial charge in [-0.2, -0.15) is 13.2 Å². The molecule has 0 amide bonds. The van der Waals surface area contributed by atoms with Crippen molar-refractivity contribution in [3.63, 3.8) is 0 Å². The van der Waals surface area contributed by atoms with Gasteiger partial charge in [-0.15, -0.1) is 0 Å². The van der Waals surface area contributed by atoms with Gasteiger partial charge in [0, 0.05) is 11.8 Å². The zero-order valence-electron chi connectivity index (χ0n) is 14.4. The molecule has 0 aliphatic carbocycles. The van der Waals surface area contributed by atoms with E-state index >= 15 is 0 Å². The summed E-state index contributed by atoms with van der Waals surface area (Å²) in [6.07, 6.45) is -3.12. The van der Waals surface area contributed by atoms with E-state index in [-0.39, 0.29) is 17.7 Å². The maximum Gasteiger partial charge on any atom is 0.418 e. The third kappa shape index (κ3) is 3.64. The van der Waals surface area contributed by atoms with Crippen molar-refractivity contribution in [1.82, 2.24) is 4.98 Å². The predicted molar refractivity (Wildman–Crippen MR) is 96.2 cm³/mol. The fourth-order valence-electron chi connectivity index (χ4n) is 3.19. The van der Waals surface area contributed by atoms with Crippen LogP contribution in [0.4, 0.5) is 13.2 Å². The van der Waals surface area contributed by atoms with Crippen LogP contribution in [0.3, 0.4) is 0 Å². The molecule has 0 bridgehead atoms. The average Bonchev–Trinajstić information content (AvgIpc) is 2.60. The molecule has 0 saturated heterocycles. The monoisotopic (exact) mass is 374 g/mol. The lowest BCUT2D eigenvalue weighted by molar-refractivity contribution is -0.139. The molecule has 3 N–H and O–H groups in total. The number of hydrogen-bond donors (Lipinski definition) is 2. The lowest BCUT2D eigenvalue weighted by atomic mass is 9.92. The van der Waals surface area contributed by atoms with Crippen LogP contribution in [0.25, 0.3) is 22.0 Å². The number of carbonyl (C=O) groups is 1. The Hall–Kier alpha value is -2.93. The van der Waals surface area contributed by atoms with Crippen LogP contribution in [0.1, 0.15) is 16.7 Å². The van der Waals surface area contributed by atoms with E-state index in [1.165, 1.54) is 19.2 Å². The molecule has 1 heterocycles. The number of carboxylic acids is 1. The molecule has 0 radical (unpaired) electrons. The zero-order chi connectivity index (χ0) is 19.8. The maximum absolute atomic E-state index is 13.6. The fourth-order valence-corrected chi connectivity index (χ4v) is 3.19. The van der Waals surface area contributed by atoms with Crippen LogP contribution in [-0.2, 0) is 17.4 Å². The minimum atomic E-state index is -4.54. The summed E-state index contributed by atoms with van der Waals surface area (Å²) in [4.78, 5) is 15.1. The van der Waals surface area contributed by atoms with E-state index in [4.69, 9.17) is 10.8 Å². The molecule has 2 aromatic carbocycles. The first-order valence-corrected chi connectivity index (χ1v) is 8.22. The Balaban J connectivity index is 2.25. The lowest BCUT2D eigenvalue weighted by Crippen LogP contribution is -2.32. The molecule has 1 aromatic heterocycles. The number of alkyl halides is 3. The minimum Gasteiger partial charge on any atom is -0.480 e. The van der Waals surface area contributed by atoms with E-state index < -0.39 is 23.8 Å². The number of aliphatic carboxylic acids is 1. The van der Waals surface area contributed by atoms with Crippen LogP contribution in [0.2, 0.25) is 0 Å². The molecule has 0 fully saturated rings. The van der Waals surface area contributed by atoms with Crippen molar-refractivity contribution in [3.8, 4) is 11.3 Å². The molecule has 4 nitrogen and oxygen atoms in total. The maximum atomic E-state index is 13.6. The number of aryl methyl sites for hydroxylation is 1. The van der Waals surface area contributed by atoms with Gasteiger partial charge in [-0.3, -0.25) is 9.78 Å². The summed E-state index contributed by atoms with van der Waals surface area (Å²) >= 11 is 0. The summed E-state index contributed by atoms with van der Waals surface area (Å²) in [6.45, 7) is 1.40. The first-order chi connectivity index (χ1) is 12.7. The Labute approximate surface area is 153 Å². The Bertz CT molecular complexity index is 1020. The van der Waals surface area contributed by atoms with Gasteiger partial charge in [-0.25, -0.2) is 0 Å². The topological polar surface area (TPSA) is 76.2 Å². The lowest BCUT2D eigenvalue weighted by Gasteiger charge is -2.17. The molecule has 0 aliphatic rings. The van der Waals surface area contributed by atoms with Gasteiger partial charge in [0.1, 0.15) is 6.04 Å². The quantitative estimate of drug-likeness (QED) is 0.718. The number of nitrogens with zero attached hydrogens (tertiary/aromatic N) is 1. The molecule has 0 spiro atoms. The van der Waals surface area contributed by atoms with E-state index in [2.05, 4.69) is 4.98 Å². The summed E-state index contributed by atoms with van der Waals surface area (Å²) < 4.78 is 40.8. The zero-order valence-corrected chi connectivity index (χ0v) is 14.4. The van der Waals surface area contributed by atoms with Crippen molar-refractivity contribution in [3.05, 3.63) is 65.4 Å². The molecule has 3 aromatic rings. The average molecular weight is 374 g/mol. The number of halogens is 3. The van der Waals surface area contributed by atoms with Gasteiger partial charge < -0.3 is 10.8 Å². The van der Waals surface area contributed by atoms with Crippen LogP contribution in [-0.4, -0.2) is 22.1 Å². The standard InChI is InChI=1S/C20H17F3N2O2/c1-11-8-9-25-18(17(11)20(21,22)23)15-7-6-12(10-16(24)19(26)27)13-4-2-3-5-14(13)15/h2-9,16H,10,24H2,1H3,(H,26,27)/t16-/m0/s1. The van der Waals surface area contributed by atoms with Gasteiger partial charge >= 0.3 is 12.1 Å². The number of carboxylic acid groups (broad SMARTS) is 1. The second-order valence-electron chi connectivity index (χ2n) is 6.32. The highest BCUT2D eigenvalue weighted by Gasteiger charge is 2.36. The Morgan fingerprint density at radius 1 is 1.15 bits per heavy atom. The summed E-state index contributed by atoms with van der Waals surface area (Å²) in [6, 6.07) is 10.3. The summed E-state index contributed by atoms with van der Waals surface area (Å²) in [5.41, 5.74) is 5.80. The van der Waals surface area contributed by atoms with Crippen molar-refractivity contribution in [2.24, 2.45) is 5.73 Å². The molecular weight excluding hydrogens is 357 g/mol. The molecule has 0 saturated carbocycles. The van der Waals surface area contributed by atoms with Gasteiger partial charge in [0.25, 0.3) is 0 Å². The second-order valence-corrected chi connectivity index (χ2v) is 6.32. The van der Waals surface area contributed by atoms with Crippen molar-refractivity contribution in [2.75, 3.05) is 0 Å². The number of fused-ring (bicyclic) bond motifs is 1. The normalized spacial score (nSPS) is 12.9. The van der Waals surface area contributed by atoms with Crippen LogP contribution >= 0.6 is 0 Å². The summed E-state index contributed by atoms with van der Waals surface area (Å²) in [5, 5.41) is 10.3. The largest absolute Gasteiger partial charge is 0.480 e. The van der Waals surface area contributed by atoms with Crippen LogP contribution in [0.15, 0.2) is 48.7 Å². The minimum absolute atomic E-state index is 0.0729. The van der Waals surface area contributed by atoms with Crippen molar-refractivity contribution in [1.29, 1.82) is 0 Å². The Morgan fingerprint density at radius 3 is 2.44 bits per heavy atom. The number of benzene rings is 2. The van der Waals surface area contributed by atoms with Crippen molar-refractivity contribution in [2.45, 2.75) is 25.6 Å². The van der Waals surface area contributed by atoms with Gasteiger partial charge in [-0.05, 0) is 41.3 Å². The molecule has 0 unspecified atom stereocenters. The van der Waals surface area contributed by atoms with Gasteiger partial charge in [0.15, 0.2) is 0 Å². The summed E-state index contributed by atoms with van der Waals surface area (Å²) in [5.74, 6) is -1.14. The molecule has 1 atom stereocenters. The first-order valence-electron chi connectivity index (χ1n) is 8.22. The van der Waals surface area contributed by atoms with Crippen molar-refractivity contribution >= 4 is 16.7 Å². The SMILES string of the molecule is Cc1ccnc(-c2ccc(C[C@H](N)C(=O)O)c3ccccc23)c1C(F)(F)F.